The standard InChI is InChI=1S/C30H24BrN3O5S/c1-2-38-27-17-20(10-15-26(27)39-30(37)22-11-13-23(31)14-12-22)19-32-34-29(36)25(18-24-9-6-16-40-24)33-28(35)21-7-4-3-5-8-21/h3-19H,2H2,1H3,(H,33,35)(H,34,36)/b25-18+,32-19+. The molecule has 0 saturated heterocycles. The van der Waals surface area contributed by atoms with Crippen molar-refractivity contribution < 1.29 is 23.9 Å². The largest absolute Gasteiger partial charge is 0.490 e. The maximum Gasteiger partial charge on any atom is 0.343 e. The molecule has 0 aliphatic rings. The van der Waals surface area contributed by atoms with Crippen molar-refractivity contribution in [3.8, 4) is 11.5 Å². The molecule has 0 fully saturated rings. The summed E-state index contributed by atoms with van der Waals surface area (Å²) in [4.78, 5) is 39.0. The molecule has 4 rings (SSSR count). The van der Waals surface area contributed by atoms with Gasteiger partial charge in [-0.2, -0.15) is 5.10 Å². The molecular formula is C30H24BrN3O5S. The van der Waals surface area contributed by atoms with Gasteiger partial charge in [-0.05, 0) is 84.6 Å². The van der Waals surface area contributed by atoms with Gasteiger partial charge in [0.15, 0.2) is 11.5 Å². The SMILES string of the molecule is CCOc1cc(/C=N/NC(=O)/C(=C\c2cccs2)NC(=O)c2ccccc2)ccc1OC(=O)c1ccc(Br)cc1. The van der Waals surface area contributed by atoms with E-state index in [1.807, 2.05) is 24.4 Å². The van der Waals surface area contributed by atoms with Gasteiger partial charge in [0.2, 0.25) is 0 Å². The topological polar surface area (TPSA) is 106 Å². The predicted octanol–water partition coefficient (Wildman–Crippen LogP) is 6.05. The summed E-state index contributed by atoms with van der Waals surface area (Å²) in [6.07, 6.45) is 3.00. The molecule has 0 saturated carbocycles. The first-order valence-corrected chi connectivity index (χ1v) is 13.8. The van der Waals surface area contributed by atoms with Gasteiger partial charge in [-0.15, -0.1) is 11.3 Å². The van der Waals surface area contributed by atoms with Gasteiger partial charge in [0.05, 0.1) is 18.4 Å². The lowest BCUT2D eigenvalue weighted by molar-refractivity contribution is -0.117. The van der Waals surface area contributed by atoms with Crippen LogP contribution < -0.4 is 20.2 Å². The van der Waals surface area contributed by atoms with E-state index in [9.17, 15) is 14.4 Å². The quantitative estimate of drug-likeness (QED) is 0.0741. The summed E-state index contributed by atoms with van der Waals surface area (Å²) in [5.74, 6) is -0.946. The molecule has 2 N–H and O–H groups in total. The second-order valence-corrected chi connectivity index (χ2v) is 10.0. The minimum Gasteiger partial charge on any atom is -0.490 e. The highest BCUT2D eigenvalue weighted by Crippen LogP contribution is 2.29. The zero-order valence-corrected chi connectivity index (χ0v) is 23.7. The van der Waals surface area contributed by atoms with E-state index in [2.05, 4.69) is 31.8 Å². The maximum atomic E-state index is 12.9. The molecule has 40 heavy (non-hydrogen) atoms. The van der Waals surface area contributed by atoms with Gasteiger partial charge in [0, 0.05) is 14.9 Å². The molecule has 8 nitrogen and oxygen atoms in total. The molecule has 1 heterocycles. The van der Waals surface area contributed by atoms with Crippen LogP contribution in [0, 0.1) is 0 Å². The predicted molar refractivity (Wildman–Crippen MR) is 159 cm³/mol. The van der Waals surface area contributed by atoms with E-state index in [4.69, 9.17) is 9.47 Å². The third-order valence-electron chi connectivity index (χ3n) is 5.29. The number of carbonyl (C=O) groups is 3. The number of hydrogen-bond donors (Lipinski definition) is 2. The van der Waals surface area contributed by atoms with Crippen LogP contribution in [0.2, 0.25) is 0 Å². The first-order chi connectivity index (χ1) is 19.4. The fourth-order valence-corrected chi connectivity index (χ4v) is 4.31. The van der Waals surface area contributed by atoms with Crippen LogP contribution in [0.25, 0.3) is 6.08 Å². The van der Waals surface area contributed by atoms with Crippen molar-refractivity contribution in [1.29, 1.82) is 0 Å². The number of ether oxygens (including phenoxy) is 2. The van der Waals surface area contributed by atoms with E-state index < -0.39 is 17.8 Å². The number of thiophene rings is 1. The van der Waals surface area contributed by atoms with Crippen molar-refractivity contribution in [2.24, 2.45) is 5.10 Å². The molecule has 0 unspecified atom stereocenters. The number of hydrazone groups is 1. The highest BCUT2D eigenvalue weighted by atomic mass is 79.9. The number of amides is 2. The average molecular weight is 619 g/mol. The van der Waals surface area contributed by atoms with Gasteiger partial charge in [0.25, 0.3) is 11.8 Å². The van der Waals surface area contributed by atoms with Crippen molar-refractivity contribution in [3.05, 3.63) is 122 Å². The van der Waals surface area contributed by atoms with Gasteiger partial charge in [-0.3, -0.25) is 9.59 Å². The van der Waals surface area contributed by atoms with E-state index in [-0.39, 0.29) is 11.4 Å². The molecule has 202 valence electrons. The van der Waals surface area contributed by atoms with Gasteiger partial charge < -0.3 is 14.8 Å². The Morgan fingerprint density at radius 2 is 1.70 bits per heavy atom. The van der Waals surface area contributed by atoms with Crippen LogP contribution in [0.4, 0.5) is 0 Å². The molecule has 0 radical (unpaired) electrons. The molecule has 0 aliphatic carbocycles. The van der Waals surface area contributed by atoms with Crippen LogP contribution in [0.1, 0.15) is 38.1 Å². The molecule has 0 aliphatic heterocycles. The number of benzene rings is 3. The fraction of sp³-hybridized carbons (Fsp3) is 0.0667. The second-order valence-electron chi connectivity index (χ2n) is 8.13. The Morgan fingerprint density at radius 1 is 0.925 bits per heavy atom. The zero-order valence-electron chi connectivity index (χ0n) is 21.3. The van der Waals surface area contributed by atoms with E-state index in [0.29, 0.717) is 29.0 Å². The molecule has 2 amide bonds. The van der Waals surface area contributed by atoms with Crippen LogP contribution >= 0.6 is 27.3 Å². The van der Waals surface area contributed by atoms with Crippen molar-refractivity contribution in [2.75, 3.05) is 6.61 Å². The fourth-order valence-electron chi connectivity index (χ4n) is 3.39. The second kappa shape index (κ2) is 14.0. The number of esters is 1. The van der Waals surface area contributed by atoms with Gasteiger partial charge in [-0.25, -0.2) is 10.2 Å². The first kappa shape index (κ1) is 28.5. The average Bonchev–Trinajstić information content (AvgIpc) is 3.48. The van der Waals surface area contributed by atoms with Gasteiger partial charge in [0.1, 0.15) is 5.70 Å². The van der Waals surface area contributed by atoms with Crippen LogP contribution in [0.5, 0.6) is 11.5 Å². The van der Waals surface area contributed by atoms with Crippen molar-refractivity contribution >= 4 is 57.3 Å². The monoisotopic (exact) mass is 617 g/mol. The van der Waals surface area contributed by atoms with E-state index in [1.54, 1.807) is 78.9 Å². The summed E-state index contributed by atoms with van der Waals surface area (Å²) in [5.41, 5.74) is 3.88. The molecule has 1 aromatic heterocycles. The Balaban J connectivity index is 1.46. The lowest BCUT2D eigenvalue weighted by atomic mass is 10.2. The van der Waals surface area contributed by atoms with Crippen molar-refractivity contribution in [3.63, 3.8) is 0 Å². The highest BCUT2D eigenvalue weighted by molar-refractivity contribution is 9.10. The summed E-state index contributed by atoms with van der Waals surface area (Å²) < 4.78 is 12.0. The number of carbonyl (C=O) groups excluding carboxylic acids is 3. The number of nitrogens with zero attached hydrogens (tertiary/aromatic N) is 1. The molecule has 4 aromatic rings. The van der Waals surface area contributed by atoms with Gasteiger partial charge >= 0.3 is 5.97 Å². The summed E-state index contributed by atoms with van der Waals surface area (Å²) >= 11 is 4.77. The molecule has 0 bridgehead atoms. The third kappa shape index (κ3) is 7.98. The lowest BCUT2D eigenvalue weighted by Gasteiger charge is -2.11. The van der Waals surface area contributed by atoms with E-state index in [0.717, 1.165) is 9.35 Å². The summed E-state index contributed by atoms with van der Waals surface area (Å²) in [5, 5.41) is 8.57. The minimum atomic E-state index is -0.598. The smallest absolute Gasteiger partial charge is 0.343 e. The first-order valence-electron chi connectivity index (χ1n) is 12.1. The maximum absolute atomic E-state index is 12.9. The molecule has 0 atom stereocenters. The Kier molecular flexibility index (Phi) is 9.98. The molecular weight excluding hydrogens is 594 g/mol. The number of nitrogens with one attached hydrogen (secondary N) is 2. The summed E-state index contributed by atoms with van der Waals surface area (Å²) in [6.45, 7) is 2.16. The van der Waals surface area contributed by atoms with Crippen LogP contribution in [-0.2, 0) is 4.79 Å². The normalized spacial score (nSPS) is 11.2. The zero-order chi connectivity index (χ0) is 28.3. The van der Waals surface area contributed by atoms with Crippen molar-refractivity contribution in [2.45, 2.75) is 6.92 Å². The summed E-state index contributed by atoms with van der Waals surface area (Å²) in [6, 6.07) is 24.0. The number of rotatable bonds is 10. The number of hydrogen-bond acceptors (Lipinski definition) is 7. The molecule has 3 aromatic carbocycles. The van der Waals surface area contributed by atoms with Crippen LogP contribution in [0.3, 0.4) is 0 Å². The number of halogens is 1. The van der Waals surface area contributed by atoms with E-state index in [1.165, 1.54) is 17.6 Å². The Bertz CT molecular complexity index is 1540. The van der Waals surface area contributed by atoms with Crippen LogP contribution in [-0.4, -0.2) is 30.6 Å². The van der Waals surface area contributed by atoms with Crippen molar-refractivity contribution in [1.82, 2.24) is 10.7 Å². The molecule has 10 heteroatoms. The molecule has 0 spiro atoms. The van der Waals surface area contributed by atoms with Gasteiger partial charge in [-0.1, -0.05) is 40.2 Å². The van der Waals surface area contributed by atoms with E-state index >= 15 is 0 Å². The Morgan fingerprint density at radius 3 is 2.40 bits per heavy atom. The lowest BCUT2D eigenvalue weighted by Crippen LogP contribution is -2.32. The Labute approximate surface area is 243 Å². The van der Waals surface area contributed by atoms with Crippen LogP contribution in [0.15, 0.2) is 106 Å². The summed E-state index contributed by atoms with van der Waals surface area (Å²) in [7, 11) is 0. The highest BCUT2D eigenvalue weighted by Gasteiger charge is 2.15. The minimum absolute atomic E-state index is 0.0404. The third-order valence-corrected chi connectivity index (χ3v) is 6.64. The Hall–Kier alpha value is -4.54.